The van der Waals surface area contributed by atoms with Crippen LogP contribution < -0.4 is 0 Å². The molecule has 0 unspecified atom stereocenters. The van der Waals surface area contributed by atoms with Gasteiger partial charge in [0.1, 0.15) is 5.82 Å². The topological polar surface area (TPSA) is 25.8 Å². The van der Waals surface area contributed by atoms with Crippen LogP contribution >= 0.6 is 0 Å². The van der Waals surface area contributed by atoms with Crippen LogP contribution in [-0.4, -0.2) is 9.97 Å². The van der Waals surface area contributed by atoms with Gasteiger partial charge in [0, 0.05) is 11.1 Å². The number of alkyl halides is 3. The Morgan fingerprint density at radius 2 is 1.42 bits per heavy atom. The molecule has 3 aromatic rings. The molecular weight excluding hydrogens is 320 g/mol. The van der Waals surface area contributed by atoms with Crippen molar-refractivity contribution >= 4 is 0 Å². The van der Waals surface area contributed by atoms with Crippen LogP contribution in [0, 0.1) is 12.7 Å². The summed E-state index contributed by atoms with van der Waals surface area (Å²) in [5.74, 6) is -1.33. The minimum atomic E-state index is -4.72. The highest BCUT2D eigenvalue weighted by molar-refractivity contribution is 5.65. The van der Waals surface area contributed by atoms with Gasteiger partial charge in [-0.25, -0.2) is 9.37 Å². The first-order chi connectivity index (χ1) is 11.3. The summed E-state index contributed by atoms with van der Waals surface area (Å²) >= 11 is 0. The third-order valence-electron chi connectivity index (χ3n) is 3.55. The zero-order chi connectivity index (χ0) is 17.3. The van der Waals surface area contributed by atoms with E-state index in [-0.39, 0.29) is 5.56 Å². The van der Waals surface area contributed by atoms with Crippen molar-refractivity contribution in [1.29, 1.82) is 0 Å². The maximum absolute atomic E-state index is 13.7. The van der Waals surface area contributed by atoms with Gasteiger partial charge in [-0.3, -0.25) is 4.98 Å². The van der Waals surface area contributed by atoms with E-state index in [9.17, 15) is 17.6 Å². The van der Waals surface area contributed by atoms with E-state index in [4.69, 9.17) is 0 Å². The zero-order valence-corrected chi connectivity index (χ0v) is 12.6. The molecule has 0 N–H and O–H groups in total. The van der Waals surface area contributed by atoms with Crippen LogP contribution in [0.5, 0.6) is 0 Å². The van der Waals surface area contributed by atoms with Crippen LogP contribution in [-0.2, 0) is 6.18 Å². The summed E-state index contributed by atoms with van der Waals surface area (Å²) in [5.41, 5.74) is 1.72. The fourth-order valence-electron chi connectivity index (χ4n) is 2.27. The monoisotopic (exact) mass is 332 g/mol. The van der Waals surface area contributed by atoms with Gasteiger partial charge in [-0.15, -0.1) is 0 Å². The number of rotatable bonds is 2. The minimum absolute atomic E-state index is 0.238. The molecule has 0 saturated carbocycles. The Balaban J connectivity index is 2.00. The number of benzene rings is 2. The van der Waals surface area contributed by atoms with Crippen molar-refractivity contribution in [2.75, 3.05) is 0 Å². The molecule has 0 aliphatic carbocycles. The lowest BCUT2D eigenvalue weighted by Gasteiger charge is -2.10. The van der Waals surface area contributed by atoms with Gasteiger partial charge in [-0.1, -0.05) is 35.9 Å². The van der Waals surface area contributed by atoms with Crippen molar-refractivity contribution in [3.05, 3.63) is 71.8 Å². The summed E-state index contributed by atoms with van der Waals surface area (Å²) in [4.78, 5) is 8.42. The van der Waals surface area contributed by atoms with Crippen molar-refractivity contribution in [2.45, 2.75) is 13.1 Å². The van der Waals surface area contributed by atoms with E-state index >= 15 is 0 Å². The molecule has 0 radical (unpaired) electrons. The molecule has 1 heterocycles. The summed E-state index contributed by atoms with van der Waals surface area (Å²) in [6.45, 7) is 1.96. The molecule has 3 rings (SSSR count). The number of hydrogen-bond acceptors (Lipinski definition) is 2. The Morgan fingerprint density at radius 1 is 0.833 bits per heavy atom. The van der Waals surface area contributed by atoms with Gasteiger partial charge >= 0.3 is 6.18 Å². The van der Waals surface area contributed by atoms with Crippen molar-refractivity contribution < 1.29 is 17.6 Å². The summed E-state index contributed by atoms with van der Waals surface area (Å²) in [6.07, 6.45) is -1.79. The molecule has 2 nitrogen and oxygen atoms in total. The smallest absolute Gasteiger partial charge is 0.260 e. The predicted molar refractivity (Wildman–Crippen MR) is 82.6 cm³/mol. The molecule has 0 bridgehead atoms. The first-order valence-corrected chi connectivity index (χ1v) is 7.11. The van der Waals surface area contributed by atoms with E-state index in [0.29, 0.717) is 17.5 Å². The van der Waals surface area contributed by atoms with E-state index in [1.807, 2.05) is 31.2 Å². The van der Waals surface area contributed by atoms with Crippen molar-refractivity contribution in [3.63, 3.8) is 0 Å². The maximum atomic E-state index is 13.7. The van der Waals surface area contributed by atoms with E-state index in [0.717, 1.165) is 17.2 Å². The molecule has 0 aliphatic rings. The van der Waals surface area contributed by atoms with Gasteiger partial charge < -0.3 is 0 Å². The molecule has 0 atom stereocenters. The molecule has 0 spiro atoms. The highest BCUT2D eigenvalue weighted by Gasteiger charge is 2.34. The lowest BCUT2D eigenvalue weighted by atomic mass is 10.1. The van der Waals surface area contributed by atoms with Crippen LogP contribution in [0.25, 0.3) is 22.5 Å². The van der Waals surface area contributed by atoms with E-state index in [1.54, 1.807) is 6.20 Å². The van der Waals surface area contributed by atoms with E-state index in [1.165, 1.54) is 12.3 Å². The van der Waals surface area contributed by atoms with Gasteiger partial charge in [0.25, 0.3) is 0 Å². The average molecular weight is 332 g/mol. The second-order valence-electron chi connectivity index (χ2n) is 5.35. The Labute approximate surface area is 135 Å². The van der Waals surface area contributed by atoms with Gasteiger partial charge in [-0.2, -0.15) is 13.2 Å². The van der Waals surface area contributed by atoms with Crippen molar-refractivity contribution in [1.82, 2.24) is 9.97 Å². The largest absolute Gasteiger partial charge is 0.419 e. The standard InChI is InChI=1S/C18H12F4N2/c1-11-2-4-12(5-3-11)16-9-23-10-17(24-16)13-6-7-14(15(19)8-13)18(20,21)22/h2-10H,1H3. The van der Waals surface area contributed by atoms with Crippen molar-refractivity contribution in [3.8, 4) is 22.5 Å². The molecule has 6 heteroatoms. The second-order valence-corrected chi connectivity index (χ2v) is 5.35. The van der Waals surface area contributed by atoms with Crippen LogP contribution in [0.15, 0.2) is 54.9 Å². The molecule has 0 amide bonds. The van der Waals surface area contributed by atoms with Gasteiger partial charge in [0.15, 0.2) is 0 Å². The molecule has 0 fully saturated rings. The normalized spacial score (nSPS) is 11.5. The Kier molecular flexibility index (Phi) is 4.05. The highest BCUT2D eigenvalue weighted by atomic mass is 19.4. The lowest BCUT2D eigenvalue weighted by Crippen LogP contribution is -2.08. The molecule has 0 saturated heterocycles. The molecule has 1 aromatic heterocycles. The number of aryl methyl sites for hydroxylation is 1. The van der Waals surface area contributed by atoms with Crippen LogP contribution in [0.2, 0.25) is 0 Å². The SMILES string of the molecule is Cc1ccc(-c2cncc(-c3ccc(C(F)(F)F)c(F)c3)n2)cc1. The number of hydrogen-bond donors (Lipinski definition) is 0. The lowest BCUT2D eigenvalue weighted by molar-refractivity contribution is -0.139. The van der Waals surface area contributed by atoms with Crippen LogP contribution in [0.1, 0.15) is 11.1 Å². The fourth-order valence-corrected chi connectivity index (χ4v) is 2.27. The Morgan fingerprint density at radius 3 is 2.00 bits per heavy atom. The summed E-state index contributed by atoms with van der Waals surface area (Å²) in [5, 5.41) is 0. The second kappa shape index (κ2) is 6.03. The summed E-state index contributed by atoms with van der Waals surface area (Å²) < 4.78 is 51.6. The first-order valence-electron chi connectivity index (χ1n) is 7.11. The third kappa shape index (κ3) is 3.27. The molecular formula is C18H12F4N2. The maximum Gasteiger partial charge on any atom is 0.419 e. The van der Waals surface area contributed by atoms with Gasteiger partial charge in [-0.05, 0) is 19.1 Å². The van der Waals surface area contributed by atoms with Crippen molar-refractivity contribution in [2.24, 2.45) is 0 Å². The number of nitrogens with zero attached hydrogens (tertiary/aromatic N) is 2. The minimum Gasteiger partial charge on any atom is -0.260 e. The third-order valence-corrected chi connectivity index (χ3v) is 3.55. The average Bonchev–Trinajstić information content (AvgIpc) is 2.54. The number of halogens is 4. The predicted octanol–water partition coefficient (Wildman–Crippen LogP) is 5.28. The summed E-state index contributed by atoms with van der Waals surface area (Å²) in [6, 6.07) is 10.3. The number of aromatic nitrogens is 2. The molecule has 24 heavy (non-hydrogen) atoms. The quantitative estimate of drug-likeness (QED) is 0.597. The van der Waals surface area contributed by atoms with Gasteiger partial charge in [0.05, 0.1) is 29.3 Å². The van der Waals surface area contributed by atoms with E-state index < -0.39 is 17.6 Å². The Hall–Kier alpha value is -2.76. The Bertz CT molecular complexity index is 871. The van der Waals surface area contributed by atoms with Crippen LogP contribution in [0.4, 0.5) is 17.6 Å². The zero-order valence-electron chi connectivity index (χ0n) is 12.6. The molecule has 2 aromatic carbocycles. The molecule has 122 valence electrons. The fraction of sp³-hybridized carbons (Fsp3) is 0.111. The first kappa shape index (κ1) is 16.1. The molecule has 0 aliphatic heterocycles. The highest BCUT2D eigenvalue weighted by Crippen LogP contribution is 2.33. The summed E-state index contributed by atoms with van der Waals surface area (Å²) in [7, 11) is 0. The van der Waals surface area contributed by atoms with E-state index in [2.05, 4.69) is 9.97 Å². The van der Waals surface area contributed by atoms with Gasteiger partial charge in [0.2, 0.25) is 0 Å². The van der Waals surface area contributed by atoms with Crippen LogP contribution in [0.3, 0.4) is 0 Å².